The lowest BCUT2D eigenvalue weighted by molar-refractivity contribution is 0.00794. The molecule has 0 saturated carbocycles. The van der Waals surface area contributed by atoms with Crippen LogP contribution in [-0.4, -0.2) is 34.7 Å². The van der Waals surface area contributed by atoms with E-state index in [1.165, 1.54) is 11.3 Å². The highest BCUT2D eigenvalue weighted by atomic mass is 79.9. The molecule has 146 valence electrons. The molecule has 0 spiro atoms. The van der Waals surface area contributed by atoms with Gasteiger partial charge in [-0.3, -0.25) is 9.59 Å². The van der Waals surface area contributed by atoms with Crippen molar-refractivity contribution in [2.45, 2.75) is 12.1 Å². The second-order valence-electron chi connectivity index (χ2n) is 7.17. The molecule has 1 saturated heterocycles. The van der Waals surface area contributed by atoms with E-state index in [4.69, 9.17) is 11.6 Å². The Bertz CT molecular complexity index is 1130. The van der Waals surface area contributed by atoms with E-state index in [-0.39, 0.29) is 11.8 Å². The smallest absolute Gasteiger partial charge is 0.267 e. The van der Waals surface area contributed by atoms with Gasteiger partial charge >= 0.3 is 0 Å². The van der Waals surface area contributed by atoms with E-state index >= 15 is 0 Å². The van der Waals surface area contributed by atoms with Crippen LogP contribution in [0, 0.1) is 0 Å². The van der Waals surface area contributed by atoms with E-state index in [1.807, 2.05) is 69.8 Å². The second kappa shape index (κ2) is 6.97. The molecule has 7 heteroatoms. The molecular weight excluding hydrogens is 472 g/mol. The molecule has 0 N–H and O–H groups in total. The summed E-state index contributed by atoms with van der Waals surface area (Å²) >= 11 is 11.0. The molecule has 5 rings (SSSR count). The summed E-state index contributed by atoms with van der Waals surface area (Å²) in [7, 11) is 0. The van der Waals surface area contributed by atoms with Crippen molar-refractivity contribution in [1.82, 2.24) is 9.80 Å². The van der Waals surface area contributed by atoms with Crippen LogP contribution in [-0.2, 0) is 12.1 Å². The number of thiophene rings is 1. The van der Waals surface area contributed by atoms with Crippen molar-refractivity contribution in [3.63, 3.8) is 0 Å². The molecule has 2 aliphatic rings. The van der Waals surface area contributed by atoms with Crippen LogP contribution in [0.1, 0.15) is 31.2 Å². The largest absolute Gasteiger partial charge is 0.309 e. The van der Waals surface area contributed by atoms with Crippen molar-refractivity contribution in [2.75, 3.05) is 13.1 Å². The Hall–Kier alpha value is -2.15. The fourth-order valence-electron chi connectivity index (χ4n) is 4.44. The molecule has 1 atom stereocenters. The van der Waals surface area contributed by atoms with Crippen molar-refractivity contribution in [3.8, 4) is 0 Å². The minimum atomic E-state index is -0.865. The zero-order valence-electron chi connectivity index (χ0n) is 15.3. The molecule has 0 bridgehead atoms. The zero-order chi connectivity index (χ0) is 20.2. The van der Waals surface area contributed by atoms with Crippen molar-refractivity contribution >= 4 is 50.7 Å². The van der Waals surface area contributed by atoms with E-state index in [2.05, 4.69) is 15.9 Å². The number of hydrogen-bond acceptors (Lipinski definition) is 3. The topological polar surface area (TPSA) is 40.6 Å². The number of halogens is 2. The van der Waals surface area contributed by atoms with Gasteiger partial charge in [-0.15, -0.1) is 11.3 Å². The first kappa shape index (κ1) is 18.9. The van der Waals surface area contributed by atoms with E-state index in [0.29, 0.717) is 35.0 Å². The van der Waals surface area contributed by atoms with Crippen LogP contribution in [0.2, 0.25) is 5.02 Å². The van der Waals surface area contributed by atoms with Gasteiger partial charge in [-0.05, 0) is 56.7 Å². The summed E-state index contributed by atoms with van der Waals surface area (Å²) in [6.07, 6.45) is 0.547. The lowest BCUT2D eigenvalue weighted by Crippen LogP contribution is -2.58. The summed E-state index contributed by atoms with van der Waals surface area (Å²) in [6.45, 7) is 0.968. The summed E-state index contributed by atoms with van der Waals surface area (Å²) in [5, 5.41) is 2.51. The Labute approximate surface area is 185 Å². The summed E-state index contributed by atoms with van der Waals surface area (Å²) in [5.74, 6) is -0.112. The van der Waals surface area contributed by atoms with E-state index in [9.17, 15) is 9.59 Å². The number of rotatable bonds is 2. The molecule has 2 amide bonds. The van der Waals surface area contributed by atoms with Gasteiger partial charge in [0.2, 0.25) is 0 Å². The SMILES string of the molecule is O=C1c2ccccc2CC2(c3ccc(Cl)cc3)N1CCN2C(=O)c1sccc1Br. The summed E-state index contributed by atoms with van der Waals surface area (Å²) in [6, 6.07) is 17.0. The number of carbonyl (C=O) groups is 2. The van der Waals surface area contributed by atoms with Gasteiger partial charge in [0, 0.05) is 34.6 Å². The van der Waals surface area contributed by atoms with Crippen LogP contribution in [0.15, 0.2) is 64.5 Å². The molecule has 2 aliphatic heterocycles. The average Bonchev–Trinajstić information content (AvgIpc) is 3.33. The fraction of sp³-hybridized carbons (Fsp3) is 0.182. The highest BCUT2D eigenvalue weighted by Gasteiger charge is 2.55. The lowest BCUT2D eigenvalue weighted by atomic mass is 9.83. The predicted octanol–water partition coefficient (Wildman–Crippen LogP) is 5.17. The van der Waals surface area contributed by atoms with Crippen LogP contribution in [0.3, 0.4) is 0 Å². The van der Waals surface area contributed by atoms with Crippen LogP contribution in [0.5, 0.6) is 0 Å². The van der Waals surface area contributed by atoms with Gasteiger partial charge < -0.3 is 9.80 Å². The molecule has 4 nitrogen and oxygen atoms in total. The zero-order valence-corrected chi connectivity index (χ0v) is 18.4. The van der Waals surface area contributed by atoms with E-state index in [1.54, 1.807) is 0 Å². The molecule has 1 unspecified atom stereocenters. The quantitative estimate of drug-likeness (QED) is 0.500. The highest BCUT2D eigenvalue weighted by molar-refractivity contribution is 9.10. The van der Waals surface area contributed by atoms with Gasteiger partial charge in [-0.1, -0.05) is 41.9 Å². The van der Waals surface area contributed by atoms with Gasteiger partial charge in [0.05, 0.1) is 0 Å². The van der Waals surface area contributed by atoms with Gasteiger partial charge in [0.25, 0.3) is 11.8 Å². The number of carbonyl (C=O) groups excluding carboxylic acids is 2. The normalized spacial score (nSPS) is 20.6. The summed E-state index contributed by atoms with van der Waals surface area (Å²) < 4.78 is 0.778. The van der Waals surface area contributed by atoms with Gasteiger partial charge in [0.15, 0.2) is 0 Å². The number of fused-ring (bicyclic) bond motifs is 2. The minimum absolute atomic E-state index is 0.0395. The number of benzene rings is 2. The van der Waals surface area contributed by atoms with Crippen molar-refractivity contribution in [2.24, 2.45) is 0 Å². The maximum Gasteiger partial charge on any atom is 0.267 e. The van der Waals surface area contributed by atoms with Gasteiger partial charge in [0.1, 0.15) is 10.5 Å². The molecule has 29 heavy (non-hydrogen) atoms. The first-order chi connectivity index (χ1) is 14.0. The summed E-state index contributed by atoms with van der Waals surface area (Å²) in [5.41, 5.74) is 1.69. The third kappa shape index (κ3) is 2.77. The predicted molar refractivity (Wildman–Crippen MR) is 117 cm³/mol. The van der Waals surface area contributed by atoms with Crippen molar-refractivity contribution in [1.29, 1.82) is 0 Å². The minimum Gasteiger partial charge on any atom is -0.309 e. The van der Waals surface area contributed by atoms with E-state index < -0.39 is 5.66 Å². The number of hydrogen-bond donors (Lipinski definition) is 0. The molecular formula is C22H16BrClN2O2S. The Morgan fingerprint density at radius 1 is 1.07 bits per heavy atom. The lowest BCUT2D eigenvalue weighted by Gasteiger charge is -2.47. The highest BCUT2D eigenvalue weighted by Crippen LogP contribution is 2.46. The Balaban J connectivity index is 1.71. The standard InChI is InChI=1S/C22H16BrClN2O2S/c23-18-9-12-29-19(18)21(28)26-11-10-25-20(27)17-4-2-1-3-14(17)13-22(25,26)15-5-7-16(24)8-6-15/h1-9,12H,10-11,13H2. The van der Waals surface area contributed by atoms with Gasteiger partial charge in [-0.2, -0.15) is 0 Å². The van der Waals surface area contributed by atoms with Gasteiger partial charge in [-0.25, -0.2) is 0 Å². The second-order valence-corrected chi connectivity index (χ2v) is 9.38. The maximum atomic E-state index is 13.6. The van der Waals surface area contributed by atoms with Crippen LogP contribution >= 0.6 is 38.9 Å². The molecule has 1 aromatic heterocycles. The number of nitrogens with zero attached hydrogens (tertiary/aromatic N) is 2. The molecule has 1 fully saturated rings. The van der Waals surface area contributed by atoms with Crippen LogP contribution in [0.4, 0.5) is 0 Å². The Kier molecular flexibility index (Phi) is 4.53. The molecule has 3 heterocycles. The third-order valence-corrected chi connectivity index (χ3v) is 7.81. The molecule has 0 radical (unpaired) electrons. The van der Waals surface area contributed by atoms with Crippen LogP contribution in [0.25, 0.3) is 0 Å². The monoisotopic (exact) mass is 486 g/mol. The van der Waals surface area contributed by atoms with Crippen LogP contribution < -0.4 is 0 Å². The summed E-state index contributed by atoms with van der Waals surface area (Å²) in [4.78, 5) is 31.3. The first-order valence-electron chi connectivity index (χ1n) is 9.23. The maximum absolute atomic E-state index is 13.6. The molecule has 3 aromatic rings. The van der Waals surface area contributed by atoms with Crippen molar-refractivity contribution in [3.05, 3.63) is 91.0 Å². The first-order valence-corrected chi connectivity index (χ1v) is 11.3. The van der Waals surface area contributed by atoms with E-state index in [0.717, 1.165) is 15.6 Å². The molecule has 2 aromatic carbocycles. The van der Waals surface area contributed by atoms with Crippen molar-refractivity contribution < 1.29 is 9.59 Å². The molecule has 0 aliphatic carbocycles. The fourth-order valence-corrected chi connectivity index (χ4v) is 6.05. The Morgan fingerprint density at radius 2 is 1.83 bits per heavy atom. The third-order valence-electron chi connectivity index (χ3n) is 5.73. The number of amides is 2. The Morgan fingerprint density at radius 3 is 2.55 bits per heavy atom. The average molecular weight is 488 g/mol.